The van der Waals surface area contributed by atoms with Crippen molar-refractivity contribution >= 4 is 17.3 Å². The average molecular weight is 347 g/mol. The summed E-state index contributed by atoms with van der Waals surface area (Å²) < 4.78 is 6.27. The molecule has 0 atom stereocenters. The Balaban J connectivity index is 2.21. The highest BCUT2D eigenvalue weighted by Gasteiger charge is 2.19. The highest BCUT2D eigenvalue weighted by molar-refractivity contribution is 5.90. The molecule has 1 aliphatic carbocycles. The Morgan fingerprint density at radius 3 is 2.36 bits per heavy atom. The van der Waals surface area contributed by atoms with Crippen LogP contribution in [0.15, 0.2) is 18.2 Å². The number of hydrogen-bond donors (Lipinski definition) is 1. The van der Waals surface area contributed by atoms with Crippen LogP contribution in [-0.2, 0) is 4.79 Å². The minimum absolute atomic E-state index is 0.0576. The van der Waals surface area contributed by atoms with E-state index in [4.69, 9.17) is 4.74 Å². The van der Waals surface area contributed by atoms with E-state index in [0.29, 0.717) is 0 Å². The second kappa shape index (κ2) is 10.3. The molecular weight excluding hydrogens is 312 g/mol. The Morgan fingerprint density at radius 1 is 1.16 bits per heavy atom. The summed E-state index contributed by atoms with van der Waals surface area (Å²) in [5, 5.41) is 2.92. The number of unbranched alkanes of at least 4 members (excludes halogenated alkanes) is 2. The summed E-state index contributed by atoms with van der Waals surface area (Å²) in [4.78, 5) is 14.0. The van der Waals surface area contributed by atoms with Crippen molar-refractivity contribution in [2.45, 2.75) is 78.2 Å². The molecule has 0 spiro atoms. The molecule has 1 saturated carbocycles. The maximum Gasteiger partial charge on any atom is 0.221 e. The highest BCUT2D eigenvalue weighted by Crippen LogP contribution is 2.34. The molecule has 25 heavy (non-hydrogen) atoms. The molecule has 1 aromatic carbocycles. The lowest BCUT2D eigenvalue weighted by molar-refractivity contribution is -0.114. The maximum atomic E-state index is 11.5. The van der Waals surface area contributed by atoms with E-state index in [9.17, 15) is 4.79 Å². The highest BCUT2D eigenvalue weighted by atomic mass is 16.5. The van der Waals surface area contributed by atoms with Gasteiger partial charge in [-0.2, -0.15) is 0 Å². The largest absolute Gasteiger partial charge is 0.488 e. The van der Waals surface area contributed by atoms with Gasteiger partial charge in [0.2, 0.25) is 5.91 Å². The average Bonchev–Trinajstić information content (AvgIpc) is 3.09. The molecule has 0 unspecified atom stereocenters. The van der Waals surface area contributed by atoms with Gasteiger partial charge in [0.05, 0.1) is 11.8 Å². The molecule has 1 amide bonds. The molecule has 1 N–H and O–H groups in total. The topological polar surface area (TPSA) is 41.6 Å². The summed E-state index contributed by atoms with van der Waals surface area (Å²) in [6, 6.07) is 6.22. The van der Waals surface area contributed by atoms with Crippen molar-refractivity contribution in [2.75, 3.05) is 23.3 Å². The standard InChI is InChI=1S/C21H34N2O2/c1-4-6-14-23(15-7-5-2)18-12-13-20(22-17(3)24)21(16-18)25-19-10-8-9-11-19/h12-13,16,19H,4-11,14-15H2,1-3H3,(H,22,24). The molecule has 4 heteroatoms. The minimum atomic E-state index is -0.0576. The fraction of sp³-hybridized carbons (Fsp3) is 0.667. The first-order chi connectivity index (χ1) is 12.1. The van der Waals surface area contributed by atoms with Crippen LogP contribution < -0.4 is 15.0 Å². The monoisotopic (exact) mass is 346 g/mol. The molecule has 4 nitrogen and oxygen atoms in total. The van der Waals surface area contributed by atoms with Crippen molar-refractivity contribution in [3.05, 3.63) is 18.2 Å². The molecule has 140 valence electrons. The van der Waals surface area contributed by atoms with Gasteiger partial charge in [0.1, 0.15) is 5.75 Å². The first kappa shape index (κ1) is 19.6. The zero-order chi connectivity index (χ0) is 18.1. The summed E-state index contributed by atoms with van der Waals surface area (Å²) in [6.07, 6.45) is 9.74. The van der Waals surface area contributed by atoms with Crippen LogP contribution in [0.4, 0.5) is 11.4 Å². The van der Waals surface area contributed by atoms with Gasteiger partial charge in [-0.3, -0.25) is 4.79 Å². The number of carbonyl (C=O) groups excluding carboxylic acids is 1. The van der Waals surface area contributed by atoms with E-state index in [1.54, 1.807) is 6.92 Å². The van der Waals surface area contributed by atoms with Gasteiger partial charge < -0.3 is 15.0 Å². The number of hydrogen-bond acceptors (Lipinski definition) is 3. The third-order valence-electron chi connectivity index (χ3n) is 4.80. The van der Waals surface area contributed by atoms with Crippen LogP contribution in [-0.4, -0.2) is 25.1 Å². The first-order valence-electron chi connectivity index (χ1n) is 9.97. The molecule has 1 fully saturated rings. The van der Waals surface area contributed by atoms with Gasteiger partial charge in [-0.15, -0.1) is 0 Å². The smallest absolute Gasteiger partial charge is 0.221 e. The fourth-order valence-corrected chi connectivity index (χ4v) is 3.35. The van der Waals surface area contributed by atoms with E-state index in [1.807, 2.05) is 6.07 Å². The quantitative estimate of drug-likeness (QED) is 0.619. The van der Waals surface area contributed by atoms with Crippen molar-refractivity contribution in [1.82, 2.24) is 0 Å². The van der Waals surface area contributed by atoms with Gasteiger partial charge in [0.15, 0.2) is 0 Å². The summed E-state index contributed by atoms with van der Waals surface area (Å²) >= 11 is 0. The van der Waals surface area contributed by atoms with Crippen molar-refractivity contribution in [2.24, 2.45) is 0 Å². The third kappa shape index (κ3) is 6.26. The summed E-state index contributed by atoms with van der Waals surface area (Å²) in [7, 11) is 0. The van der Waals surface area contributed by atoms with Crippen LogP contribution in [0.1, 0.15) is 72.1 Å². The Kier molecular flexibility index (Phi) is 8.10. The van der Waals surface area contributed by atoms with Crippen molar-refractivity contribution in [3.63, 3.8) is 0 Å². The number of amides is 1. The molecule has 0 heterocycles. The summed E-state index contributed by atoms with van der Waals surface area (Å²) in [5.74, 6) is 0.760. The van der Waals surface area contributed by atoms with Crippen LogP contribution in [0, 0.1) is 0 Å². The van der Waals surface area contributed by atoms with Crippen LogP contribution in [0.25, 0.3) is 0 Å². The van der Waals surface area contributed by atoms with Gasteiger partial charge in [-0.1, -0.05) is 26.7 Å². The van der Waals surface area contributed by atoms with Crippen LogP contribution in [0.3, 0.4) is 0 Å². The molecule has 0 aliphatic heterocycles. The molecule has 0 saturated heterocycles. The second-order valence-electron chi connectivity index (χ2n) is 7.08. The SMILES string of the molecule is CCCCN(CCCC)c1ccc(NC(C)=O)c(OC2CCCC2)c1. The van der Waals surface area contributed by atoms with E-state index in [2.05, 4.69) is 36.2 Å². The maximum absolute atomic E-state index is 11.5. The van der Waals surface area contributed by atoms with E-state index in [0.717, 1.165) is 37.4 Å². The Labute approximate surface area is 152 Å². The van der Waals surface area contributed by atoms with Crippen LogP contribution >= 0.6 is 0 Å². The van der Waals surface area contributed by atoms with Gasteiger partial charge in [-0.05, 0) is 50.7 Å². The fourth-order valence-electron chi connectivity index (χ4n) is 3.35. The molecule has 2 rings (SSSR count). The second-order valence-corrected chi connectivity index (χ2v) is 7.08. The number of carbonyl (C=O) groups is 1. The Hall–Kier alpha value is -1.71. The first-order valence-corrected chi connectivity index (χ1v) is 9.97. The zero-order valence-corrected chi connectivity index (χ0v) is 16.1. The van der Waals surface area contributed by atoms with Crippen molar-refractivity contribution in [3.8, 4) is 5.75 Å². The Morgan fingerprint density at radius 2 is 1.80 bits per heavy atom. The lowest BCUT2D eigenvalue weighted by Crippen LogP contribution is -2.26. The lowest BCUT2D eigenvalue weighted by atomic mass is 10.2. The predicted molar refractivity (Wildman–Crippen MR) is 106 cm³/mol. The van der Waals surface area contributed by atoms with Crippen LogP contribution in [0.5, 0.6) is 5.75 Å². The molecule has 1 aliphatic rings. The molecule has 0 bridgehead atoms. The van der Waals surface area contributed by atoms with Gasteiger partial charge in [0, 0.05) is 31.8 Å². The lowest BCUT2D eigenvalue weighted by Gasteiger charge is -2.26. The number of rotatable bonds is 10. The summed E-state index contributed by atoms with van der Waals surface area (Å²) in [5.41, 5.74) is 1.98. The zero-order valence-electron chi connectivity index (χ0n) is 16.1. The predicted octanol–water partition coefficient (Wildman–Crippen LogP) is 5.37. The minimum Gasteiger partial charge on any atom is -0.488 e. The normalized spacial score (nSPS) is 14.5. The number of benzene rings is 1. The molecule has 0 radical (unpaired) electrons. The third-order valence-corrected chi connectivity index (χ3v) is 4.80. The van der Waals surface area contributed by atoms with Crippen molar-refractivity contribution < 1.29 is 9.53 Å². The van der Waals surface area contributed by atoms with Gasteiger partial charge in [-0.25, -0.2) is 0 Å². The molecule has 1 aromatic rings. The molecule has 0 aromatic heterocycles. The van der Waals surface area contributed by atoms with Gasteiger partial charge in [0.25, 0.3) is 0 Å². The summed E-state index contributed by atoms with van der Waals surface area (Å²) in [6.45, 7) is 8.14. The Bertz CT molecular complexity index is 531. The van der Waals surface area contributed by atoms with E-state index in [-0.39, 0.29) is 12.0 Å². The number of ether oxygens (including phenoxy) is 1. The van der Waals surface area contributed by atoms with Gasteiger partial charge >= 0.3 is 0 Å². The number of anilines is 2. The number of nitrogens with zero attached hydrogens (tertiary/aromatic N) is 1. The number of nitrogens with one attached hydrogen (secondary N) is 1. The van der Waals surface area contributed by atoms with E-state index < -0.39 is 0 Å². The van der Waals surface area contributed by atoms with E-state index >= 15 is 0 Å². The molecular formula is C21H34N2O2. The van der Waals surface area contributed by atoms with Crippen molar-refractivity contribution in [1.29, 1.82) is 0 Å². The van der Waals surface area contributed by atoms with Crippen LogP contribution in [0.2, 0.25) is 0 Å². The van der Waals surface area contributed by atoms with E-state index in [1.165, 1.54) is 44.2 Å².